The van der Waals surface area contributed by atoms with Crippen LogP contribution in [0, 0.1) is 5.82 Å². The lowest BCUT2D eigenvalue weighted by molar-refractivity contribution is -0.120. The van der Waals surface area contributed by atoms with Gasteiger partial charge in [0.05, 0.1) is 12.7 Å². The lowest BCUT2D eigenvalue weighted by Gasteiger charge is -2.33. The summed E-state index contributed by atoms with van der Waals surface area (Å²) in [6.45, 7) is 4.99. The number of carbonyl (C=O) groups excluding carboxylic acids is 1. The van der Waals surface area contributed by atoms with Crippen LogP contribution in [-0.4, -0.2) is 43.2 Å². The van der Waals surface area contributed by atoms with Gasteiger partial charge in [0.1, 0.15) is 5.82 Å². The van der Waals surface area contributed by atoms with Gasteiger partial charge in [0.25, 0.3) is 0 Å². The first-order chi connectivity index (χ1) is 9.54. The minimum atomic E-state index is -0.244. The van der Waals surface area contributed by atoms with Crippen molar-refractivity contribution >= 4 is 21.8 Å². The van der Waals surface area contributed by atoms with Gasteiger partial charge < -0.3 is 10.1 Å². The van der Waals surface area contributed by atoms with E-state index < -0.39 is 0 Å². The summed E-state index contributed by atoms with van der Waals surface area (Å²) >= 11 is 3.38. The second-order valence-electron chi connectivity index (χ2n) is 4.90. The van der Waals surface area contributed by atoms with E-state index >= 15 is 0 Å². The predicted molar refractivity (Wildman–Crippen MR) is 77.8 cm³/mol. The molecule has 0 aliphatic carbocycles. The number of nitrogens with zero attached hydrogens (tertiary/aromatic N) is 1. The van der Waals surface area contributed by atoms with Gasteiger partial charge in [-0.1, -0.05) is 22.0 Å². The number of benzene rings is 1. The van der Waals surface area contributed by atoms with Crippen molar-refractivity contribution in [3.8, 4) is 0 Å². The Labute approximate surface area is 126 Å². The van der Waals surface area contributed by atoms with Gasteiger partial charge >= 0.3 is 0 Å². The van der Waals surface area contributed by atoms with Crippen LogP contribution >= 0.6 is 15.9 Å². The molecule has 1 aromatic carbocycles. The number of hydrogen-bond donors (Lipinski definition) is 1. The molecule has 0 saturated carbocycles. The zero-order chi connectivity index (χ0) is 14.5. The standard InChI is InChI=1S/C14H18BrFN2O2/c1-10(19)17-7-13-9-18(4-5-20-13)8-11-2-3-12(16)6-14(11)15/h2-3,6,13H,4-5,7-9H2,1H3,(H,17,19). The highest BCUT2D eigenvalue weighted by Crippen LogP contribution is 2.20. The fourth-order valence-electron chi connectivity index (χ4n) is 2.20. The molecule has 4 nitrogen and oxygen atoms in total. The second-order valence-corrected chi connectivity index (χ2v) is 5.76. The molecule has 1 N–H and O–H groups in total. The summed E-state index contributed by atoms with van der Waals surface area (Å²) in [7, 11) is 0. The summed E-state index contributed by atoms with van der Waals surface area (Å²) in [5, 5.41) is 2.77. The zero-order valence-corrected chi connectivity index (χ0v) is 13.0. The molecule has 0 aromatic heterocycles. The summed E-state index contributed by atoms with van der Waals surface area (Å²) in [5.41, 5.74) is 1.05. The van der Waals surface area contributed by atoms with E-state index in [9.17, 15) is 9.18 Å². The highest BCUT2D eigenvalue weighted by molar-refractivity contribution is 9.10. The molecule has 1 atom stereocenters. The highest BCUT2D eigenvalue weighted by atomic mass is 79.9. The monoisotopic (exact) mass is 344 g/mol. The summed E-state index contributed by atoms with van der Waals surface area (Å²) in [6.07, 6.45) is 0.00636. The van der Waals surface area contributed by atoms with Crippen molar-refractivity contribution in [2.75, 3.05) is 26.2 Å². The Morgan fingerprint density at radius 1 is 1.60 bits per heavy atom. The van der Waals surface area contributed by atoms with Crippen LogP contribution in [0.2, 0.25) is 0 Å². The molecule has 6 heteroatoms. The molecule has 0 bridgehead atoms. The molecule has 110 valence electrons. The molecule has 0 spiro atoms. The normalized spacial score (nSPS) is 19.9. The molecule has 1 aliphatic heterocycles. The van der Waals surface area contributed by atoms with E-state index in [-0.39, 0.29) is 17.8 Å². The van der Waals surface area contributed by atoms with E-state index in [1.54, 1.807) is 6.07 Å². The van der Waals surface area contributed by atoms with Crippen LogP contribution in [-0.2, 0) is 16.1 Å². The Morgan fingerprint density at radius 3 is 3.10 bits per heavy atom. The lowest BCUT2D eigenvalue weighted by Crippen LogP contribution is -2.46. The highest BCUT2D eigenvalue weighted by Gasteiger charge is 2.21. The number of hydrogen-bond acceptors (Lipinski definition) is 3. The minimum absolute atomic E-state index is 0.00636. The summed E-state index contributed by atoms with van der Waals surface area (Å²) in [6, 6.07) is 4.73. The van der Waals surface area contributed by atoms with Gasteiger partial charge in [-0.2, -0.15) is 0 Å². The van der Waals surface area contributed by atoms with Crippen LogP contribution in [0.5, 0.6) is 0 Å². The predicted octanol–water partition coefficient (Wildman–Crippen LogP) is 1.93. The third-order valence-corrected chi connectivity index (χ3v) is 3.95. The van der Waals surface area contributed by atoms with E-state index in [4.69, 9.17) is 4.74 Å². The zero-order valence-electron chi connectivity index (χ0n) is 11.4. The van der Waals surface area contributed by atoms with Crippen molar-refractivity contribution in [3.05, 3.63) is 34.1 Å². The molecule has 20 heavy (non-hydrogen) atoms. The van der Waals surface area contributed by atoms with Gasteiger partial charge in [-0.05, 0) is 17.7 Å². The van der Waals surface area contributed by atoms with Crippen molar-refractivity contribution in [2.45, 2.75) is 19.6 Å². The minimum Gasteiger partial charge on any atom is -0.374 e. The Balaban J connectivity index is 1.90. The van der Waals surface area contributed by atoms with Crippen molar-refractivity contribution in [1.82, 2.24) is 10.2 Å². The average molecular weight is 345 g/mol. The maximum Gasteiger partial charge on any atom is 0.216 e. The summed E-state index contributed by atoms with van der Waals surface area (Å²) in [5.74, 6) is -0.293. The van der Waals surface area contributed by atoms with Crippen LogP contribution in [0.25, 0.3) is 0 Å². The number of ether oxygens (including phenoxy) is 1. The van der Waals surface area contributed by atoms with Gasteiger partial charge in [0.2, 0.25) is 5.91 Å². The smallest absolute Gasteiger partial charge is 0.216 e. The molecule has 1 fully saturated rings. The van der Waals surface area contributed by atoms with Gasteiger partial charge in [0.15, 0.2) is 0 Å². The third-order valence-electron chi connectivity index (χ3n) is 3.21. The maximum atomic E-state index is 13.1. The molecule has 1 heterocycles. The summed E-state index contributed by atoms with van der Waals surface area (Å²) in [4.78, 5) is 13.2. The van der Waals surface area contributed by atoms with Crippen LogP contribution in [0.3, 0.4) is 0 Å². The van der Waals surface area contributed by atoms with E-state index in [0.717, 1.165) is 29.7 Å². The summed E-state index contributed by atoms with van der Waals surface area (Å²) < 4.78 is 19.5. The van der Waals surface area contributed by atoms with Gasteiger partial charge in [0, 0.05) is 37.6 Å². The van der Waals surface area contributed by atoms with Crippen LogP contribution < -0.4 is 5.32 Å². The lowest BCUT2D eigenvalue weighted by atomic mass is 10.2. The molecule has 0 radical (unpaired) electrons. The molecule has 1 aliphatic rings. The number of morpholine rings is 1. The number of nitrogens with one attached hydrogen (secondary N) is 1. The van der Waals surface area contributed by atoms with Crippen molar-refractivity contribution < 1.29 is 13.9 Å². The molecular formula is C14H18BrFN2O2. The van der Waals surface area contributed by atoms with E-state index in [1.807, 2.05) is 0 Å². The molecule has 1 amide bonds. The van der Waals surface area contributed by atoms with Gasteiger partial charge in [-0.3, -0.25) is 9.69 Å². The Bertz CT molecular complexity index is 484. The maximum absolute atomic E-state index is 13.1. The molecule has 1 saturated heterocycles. The quantitative estimate of drug-likeness (QED) is 0.907. The molecule has 1 aromatic rings. The number of rotatable bonds is 4. The largest absolute Gasteiger partial charge is 0.374 e. The molecular weight excluding hydrogens is 327 g/mol. The van der Waals surface area contributed by atoms with E-state index in [0.29, 0.717) is 13.2 Å². The number of carbonyl (C=O) groups is 1. The molecule has 2 rings (SSSR count). The van der Waals surface area contributed by atoms with E-state index in [2.05, 4.69) is 26.1 Å². The van der Waals surface area contributed by atoms with Gasteiger partial charge in [-0.15, -0.1) is 0 Å². The van der Waals surface area contributed by atoms with Crippen LogP contribution in [0.4, 0.5) is 4.39 Å². The Kier molecular flexibility index (Phi) is 5.51. The van der Waals surface area contributed by atoms with Gasteiger partial charge in [-0.25, -0.2) is 4.39 Å². The van der Waals surface area contributed by atoms with Crippen molar-refractivity contribution in [2.24, 2.45) is 0 Å². The Morgan fingerprint density at radius 2 is 2.40 bits per heavy atom. The Hall–Kier alpha value is -0.980. The first-order valence-corrected chi connectivity index (χ1v) is 7.36. The number of amides is 1. The van der Waals surface area contributed by atoms with Crippen LogP contribution in [0.15, 0.2) is 22.7 Å². The van der Waals surface area contributed by atoms with Crippen molar-refractivity contribution in [1.29, 1.82) is 0 Å². The van der Waals surface area contributed by atoms with Crippen LogP contribution in [0.1, 0.15) is 12.5 Å². The average Bonchev–Trinajstić information content (AvgIpc) is 2.40. The third kappa shape index (κ3) is 4.54. The first-order valence-electron chi connectivity index (χ1n) is 6.57. The second kappa shape index (κ2) is 7.15. The first kappa shape index (κ1) is 15.4. The number of halogens is 2. The SMILES string of the molecule is CC(=O)NCC1CN(Cc2ccc(F)cc2Br)CCO1. The van der Waals surface area contributed by atoms with E-state index in [1.165, 1.54) is 19.1 Å². The topological polar surface area (TPSA) is 41.6 Å². The molecule has 1 unspecified atom stereocenters. The van der Waals surface area contributed by atoms with Crippen molar-refractivity contribution in [3.63, 3.8) is 0 Å². The fourth-order valence-corrected chi connectivity index (χ4v) is 2.67. The fraction of sp³-hybridized carbons (Fsp3) is 0.500.